The van der Waals surface area contributed by atoms with Crippen LogP contribution in [-0.4, -0.2) is 54.3 Å². The summed E-state index contributed by atoms with van der Waals surface area (Å²) in [5.74, 6) is -0.536. The van der Waals surface area contributed by atoms with Gasteiger partial charge in [0, 0.05) is 19.4 Å². The normalized spacial score (nSPS) is 13.9. The first-order chi connectivity index (χ1) is 27.3. The van der Waals surface area contributed by atoms with Crippen LogP contribution in [0.1, 0.15) is 187 Å². The number of carbonyl (C=O) groups excluding carboxylic acids is 2. The Labute approximate surface area is 342 Å². The van der Waals surface area contributed by atoms with E-state index < -0.39 is 26.5 Å². The molecule has 324 valence electrons. The van der Waals surface area contributed by atoms with Crippen molar-refractivity contribution in [3.05, 3.63) is 60.8 Å². The minimum atomic E-state index is -4.42. The van der Waals surface area contributed by atoms with Crippen LogP contribution in [0, 0.1) is 0 Å². The van der Waals surface area contributed by atoms with Gasteiger partial charge in [0.1, 0.15) is 12.7 Å². The lowest BCUT2D eigenvalue weighted by Gasteiger charge is -2.15. The average molecular weight is 808 g/mol. The average Bonchev–Trinajstić information content (AvgIpc) is 3.18. The van der Waals surface area contributed by atoms with Gasteiger partial charge in [0.25, 0.3) is 0 Å². The Morgan fingerprint density at radius 3 is 1.54 bits per heavy atom. The number of nitrogens with one attached hydrogen (secondary N) is 1. The van der Waals surface area contributed by atoms with Crippen LogP contribution in [0.15, 0.2) is 60.8 Å². The van der Waals surface area contributed by atoms with Crippen molar-refractivity contribution in [3.63, 3.8) is 0 Å². The molecule has 0 radical (unpaired) electrons. The third-order valence-corrected chi connectivity index (χ3v) is 10.2. The maximum Gasteiger partial charge on any atom is 0.472 e. The van der Waals surface area contributed by atoms with E-state index in [0.29, 0.717) is 6.42 Å². The lowest BCUT2D eigenvalue weighted by molar-refractivity contribution is -0.147. The largest absolute Gasteiger partial charge is 0.472 e. The molecule has 0 fully saturated rings. The number of rotatable bonds is 41. The third-order valence-electron chi connectivity index (χ3n) is 9.18. The van der Waals surface area contributed by atoms with Crippen molar-refractivity contribution < 1.29 is 37.9 Å². The molecule has 9 nitrogen and oxygen atoms in total. The van der Waals surface area contributed by atoms with E-state index in [9.17, 15) is 24.2 Å². The molecule has 3 N–H and O–H groups in total. The maximum absolute atomic E-state index is 12.1. The second-order valence-electron chi connectivity index (χ2n) is 14.6. The van der Waals surface area contributed by atoms with Crippen LogP contribution in [0.3, 0.4) is 0 Å². The fourth-order valence-corrected chi connectivity index (χ4v) is 6.59. The first-order valence-electron chi connectivity index (χ1n) is 22.3. The molecule has 0 aromatic heterocycles. The van der Waals surface area contributed by atoms with E-state index in [0.717, 1.165) is 83.5 Å². The van der Waals surface area contributed by atoms with Crippen molar-refractivity contribution >= 4 is 19.7 Å². The summed E-state index contributed by atoms with van der Waals surface area (Å²) >= 11 is 0. The Morgan fingerprint density at radius 1 is 0.571 bits per heavy atom. The van der Waals surface area contributed by atoms with Gasteiger partial charge in [0.05, 0.1) is 13.2 Å². The van der Waals surface area contributed by atoms with Crippen molar-refractivity contribution in [3.8, 4) is 0 Å². The fraction of sp³-hybridized carbons (Fsp3) is 0.739. The first kappa shape index (κ1) is 53.7. The summed E-state index contributed by atoms with van der Waals surface area (Å²) in [6.07, 6.45) is 50.0. The summed E-state index contributed by atoms with van der Waals surface area (Å²) < 4.78 is 26.9. The second-order valence-corrected chi connectivity index (χ2v) is 16.1. The van der Waals surface area contributed by atoms with Crippen molar-refractivity contribution in [2.75, 3.05) is 26.4 Å². The van der Waals surface area contributed by atoms with Crippen molar-refractivity contribution in [2.45, 2.75) is 193 Å². The number of phosphoric acid groups is 1. The molecule has 0 saturated heterocycles. The Kier molecular flexibility index (Phi) is 40.6. The summed E-state index contributed by atoms with van der Waals surface area (Å²) in [4.78, 5) is 33.9. The summed E-state index contributed by atoms with van der Waals surface area (Å²) in [5.41, 5.74) is 0. The number of esters is 1. The SMILES string of the molecule is CC/C=C\C/C=C\C/C=C\CCCCCCCCCC(=O)OCC(O)COP(=O)(O)OCCNC(=O)CCCCCCCCC/C=C\C/C=C\CCCCCC. The zero-order valence-electron chi connectivity index (χ0n) is 35.6. The highest BCUT2D eigenvalue weighted by molar-refractivity contribution is 7.47. The van der Waals surface area contributed by atoms with E-state index in [-0.39, 0.29) is 32.1 Å². The monoisotopic (exact) mass is 808 g/mol. The van der Waals surface area contributed by atoms with Crippen LogP contribution in [0.5, 0.6) is 0 Å². The highest BCUT2D eigenvalue weighted by atomic mass is 31.2. The molecule has 0 saturated carbocycles. The van der Waals surface area contributed by atoms with Gasteiger partial charge < -0.3 is 20.1 Å². The number of aliphatic hydroxyl groups is 1. The Bertz CT molecular complexity index is 1100. The number of allylic oxidation sites excluding steroid dienone is 10. The molecule has 0 aromatic rings. The van der Waals surface area contributed by atoms with Gasteiger partial charge in [0.2, 0.25) is 5.91 Å². The van der Waals surface area contributed by atoms with Gasteiger partial charge in [-0.25, -0.2) is 4.57 Å². The summed E-state index contributed by atoms with van der Waals surface area (Å²) in [6.45, 7) is 3.40. The van der Waals surface area contributed by atoms with Crippen LogP contribution < -0.4 is 5.32 Å². The maximum atomic E-state index is 12.1. The second kappa shape index (κ2) is 42.3. The molecule has 10 heteroatoms. The minimum Gasteiger partial charge on any atom is -0.463 e. The summed E-state index contributed by atoms with van der Waals surface area (Å²) in [7, 11) is -4.42. The lowest BCUT2D eigenvalue weighted by Crippen LogP contribution is -2.27. The molecular formula is C46H82NO8P. The molecule has 0 aliphatic heterocycles. The number of hydrogen-bond acceptors (Lipinski definition) is 7. The van der Waals surface area contributed by atoms with E-state index in [1.165, 1.54) is 77.0 Å². The van der Waals surface area contributed by atoms with E-state index >= 15 is 0 Å². The predicted molar refractivity (Wildman–Crippen MR) is 233 cm³/mol. The zero-order valence-corrected chi connectivity index (χ0v) is 36.5. The summed E-state index contributed by atoms with van der Waals surface area (Å²) in [5, 5.41) is 12.7. The van der Waals surface area contributed by atoms with Crippen molar-refractivity contribution in [1.82, 2.24) is 5.32 Å². The van der Waals surface area contributed by atoms with Gasteiger partial charge in [-0.15, -0.1) is 0 Å². The van der Waals surface area contributed by atoms with E-state index in [1.807, 2.05) is 0 Å². The van der Waals surface area contributed by atoms with E-state index in [1.54, 1.807) is 0 Å². The highest BCUT2D eigenvalue weighted by Gasteiger charge is 2.23. The number of ether oxygens (including phenoxy) is 1. The van der Waals surface area contributed by atoms with E-state index in [4.69, 9.17) is 13.8 Å². The Balaban J connectivity index is 3.62. The zero-order chi connectivity index (χ0) is 41.1. The highest BCUT2D eigenvalue weighted by Crippen LogP contribution is 2.42. The number of aliphatic hydroxyl groups excluding tert-OH is 1. The van der Waals surface area contributed by atoms with Gasteiger partial charge in [-0.2, -0.15) is 0 Å². The molecule has 0 aliphatic rings. The molecule has 0 heterocycles. The Morgan fingerprint density at radius 2 is 1.02 bits per heavy atom. The number of phosphoric ester groups is 1. The van der Waals surface area contributed by atoms with Crippen molar-refractivity contribution in [2.24, 2.45) is 0 Å². The molecule has 2 unspecified atom stereocenters. The number of unbranched alkanes of at least 4 members (excludes halogenated alkanes) is 18. The molecule has 1 amide bonds. The molecule has 56 heavy (non-hydrogen) atoms. The molecular weight excluding hydrogens is 725 g/mol. The van der Waals surface area contributed by atoms with Crippen LogP contribution >= 0.6 is 7.82 Å². The number of hydrogen-bond donors (Lipinski definition) is 3. The quantitative estimate of drug-likeness (QED) is 0.0241. The number of amides is 1. The molecule has 0 rings (SSSR count). The van der Waals surface area contributed by atoms with Crippen LogP contribution in [0.4, 0.5) is 0 Å². The van der Waals surface area contributed by atoms with Crippen LogP contribution in [0.2, 0.25) is 0 Å². The van der Waals surface area contributed by atoms with E-state index in [2.05, 4.69) is 79.9 Å². The molecule has 0 spiro atoms. The third kappa shape index (κ3) is 42.8. The molecule has 0 aromatic carbocycles. The standard InChI is InChI=1S/C46H82NO8P/c1-3-5-7-9-11-13-15-17-19-21-23-24-26-28-30-32-34-36-38-45(49)47-40-41-54-56(51,52)55-43-44(48)42-53-46(50)39-37-35-33-31-29-27-25-22-20-18-16-14-12-10-8-6-4-2/h6,8,12-15,18-21,44,48H,3-5,7,9-11,16-17,22-43H2,1-2H3,(H,47,49)(H,51,52)/b8-6-,14-12-,15-13-,20-18-,21-19-. The first-order valence-corrected chi connectivity index (χ1v) is 23.8. The number of carbonyl (C=O) groups is 2. The smallest absolute Gasteiger partial charge is 0.463 e. The Hall–Kier alpha value is -2.29. The molecule has 2 atom stereocenters. The molecule has 0 bridgehead atoms. The van der Waals surface area contributed by atoms with Gasteiger partial charge >= 0.3 is 13.8 Å². The predicted octanol–water partition coefficient (Wildman–Crippen LogP) is 12.5. The van der Waals surface area contributed by atoms with Gasteiger partial charge in [-0.05, 0) is 77.0 Å². The van der Waals surface area contributed by atoms with Gasteiger partial charge in [-0.3, -0.25) is 18.6 Å². The fourth-order valence-electron chi connectivity index (χ4n) is 5.84. The minimum absolute atomic E-state index is 0.0738. The van der Waals surface area contributed by atoms with Crippen LogP contribution in [-0.2, 0) is 27.9 Å². The lowest BCUT2D eigenvalue weighted by atomic mass is 10.1. The van der Waals surface area contributed by atoms with Gasteiger partial charge in [-0.1, -0.05) is 158 Å². The molecule has 0 aliphatic carbocycles. The van der Waals surface area contributed by atoms with Crippen molar-refractivity contribution in [1.29, 1.82) is 0 Å². The summed E-state index contributed by atoms with van der Waals surface area (Å²) in [6, 6.07) is 0. The van der Waals surface area contributed by atoms with Gasteiger partial charge in [0.15, 0.2) is 0 Å². The van der Waals surface area contributed by atoms with Crippen LogP contribution in [0.25, 0.3) is 0 Å². The topological polar surface area (TPSA) is 131 Å².